The topological polar surface area (TPSA) is 48.0 Å². The van der Waals surface area contributed by atoms with E-state index in [1.807, 2.05) is 0 Å². The van der Waals surface area contributed by atoms with Crippen molar-refractivity contribution in [1.82, 2.24) is 10.3 Å². The molecule has 1 unspecified atom stereocenters. The fraction of sp³-hybridized carbons (Fsp3) is 0.429. The van der Waals surface area contributed by atoms with E-state index in [-0.39, 0.29) is 11.9 Å². The Bertz CT molecular complexity index is 583. The highest BCUT2D eigenvalue weighted by atomic mass is 19.3. The summed E-state index contributed by atoms with van der Waals surface area (Å²) in [6.45, 7) is 0.0119. The van der Waals surface area contributed by atoms with Crippen LogP contribution in [-0.2, 0) is 6.42 Å². The smallest absolute Gasteiger partial charge is 0.282 e. The molecule has 6 heteroatoms. The highest BCUT2D eigenvalue weighted by Gasteiger charge is 2.27. The van der Waals surface area contributed by atoms with Gasteiger partial charge in [-0.2, -0.15) is 0 Å². The maximum atomic E-state index is 13.2. The van der Waals surface area contributed by atoms with Crippen LogP contribution in [0, 0.1) is 5.82 Å². The predicted octanol–water partition coefficient (Wildman–Crippen LogP) is 2.46. The Morgan fingerprint density at radius 2 is 2.15 bits per heavy atom. The molecule has 20 heavy (non-hydrogen) atoms. The van der Waals surface area contributed by atoms with Gasteiger partial charge in [0.25, 0.3) is 5.92 Å². The van der Waals surface area contributed by atoms with Gasteiger partial charge in [0, 0.05) is 23.1 Å². The molecule has 2 rings (SSSR count). The Morgan fingerprint density at radius 3 is 2.85 bits per heavy atom. The number of fused-ring (bicyclic) bond motifs is 1. The number of nitrogens with one attached hydrogen (secondary N) is 2. The van der Waals surface area contributed by atoms with Crippen molar-refractivity contribution in [2.24, 2.45) is 0 Å². The highest BCUT2D eigenvalue weighted by Crippen LogP contribution is 2.21. The normalized spacial score (nSPS) is 13.8. The van der Waals surface area contributed by atoms with E-state index in [0.717, 1.165) is 16.5 Å². The molecule has 110 valence electrons. The van der Waals surface area contributed by atoms with Gasteiger partial charge in [-0.05, 0) is 37.1 Å². The van der Waals surface area contributed by atoms with E-state index in [9.17, 15) is 13.2 Å². The van der Waals surface area contributed by atoms with Crippen LogP contribution >= 0.6 is 0 Å². The molecule has 1 heterocycles. The molecule has 3 nitrogen and oxygen atoms in total. The average molecular weight is 286 g/mol. The number of hydrogen-bond acceptors (Lipinski definition) is 2. The molecule has 0 amide bonds. The van der Waals surface area contributed by atoms with Gasteiger partial charge < -0.3 is 15.4 Å². The molecule has 3 N–H and O–H groups in total. The molecular weight excluding hydrogens is 269 g/mol. The molecule has 0 fully saturated rings. The van der Waals surface area contributed by atoms with Crippen LogP contribution in [0.2, 0.25) is 0 Å². The van der Waals surface area contributed by atoms with Crippen LogP contribution in [0.15, 0.2) is 24.4 Å². The number of aliphatic hydroxyl groups is 1. The Kier molecular flexibility index (Phi) is 4.35. The third kappa shape index (κ3) is 3.52. The minimum atomic E-state index is -3.12. The Morgan fingerprint density at radius 1 is 1.40 bits per heavy atom. The second-order valence-electron chi connectivity index (χ2n) is 5.00. The van der Waals surface area contributed by atoms with Gasteiger partial charge >= 0.3 is 0 Å². The molecule has 0 aliphatic heterocycles. The maximum Gasteiger partial charge on any atom is 0.282 e. The summed E-state index contributed by atoms with van der Waals surface area (Å²) >= 11 is 0. The molecule has 0 spiro atoms. The molecule has 1 aromatic heterocycles. The molecule has 1 atom stereocenters. The van der Waals surface area contributed by atoms with Crippen LogP contribution < -0.4 is 5.32 Å². The third-order valence-corrected chi connectivity index (χ3v) is 3.20. The van der Waals surface area contributed by atoms with Gasteiger partial charge in [-0.15, -0.1) is 0 Å². The summed E-state index contributed by atoms with van der Waals surface area (Å²) < 4.78 is 39.1. The fourth-order valence-electron chi connectivity index (χ4n) is 2.10. The number of aromatic nitrogens is 1. The second kappa shape index (κ2) is 5.85. The van der Waals surface area contributed by atoms with Gasteiger partial charge in [0.1, 0.15) is 12.4 Å². The summed E-state index contributed by atoms with van der Waals surface area (Å²) in [7, 11) is 0. The van der Waals surface area contributed by atoms with E-state index in [2.05, 4.69) is 10.3 Å². The number of hydrogen-bond donors (Lipinski definition) is 3. The van der Waals surface area contributed by atoms with Gasteiger partial charge in [-0.1, -0.05) is 0 Å². The summed E-state index contributed by atoms with van der Waals surface area (Å²) in [5.41, 5.74) is 1.68. The summed E-state index contributed by atoms with van der Waals surface area (Å²) in [5.74, 6) is -3.45. The minimum Gasteiger partial charge on any atom is -0.390 e. The SMILES string of the molecule is CC(Cc1c[nH]c2ccc(F)cc12)NCC(F)(F)CO. The first-order valence-corrected chi connectivity index (χ1v) is 6.39. The average Bonchev–Trinajstić information content (AvgIpc) is 2.79. The maximum absolute atomic E-state index is 13.2. The molecule has 0 bridgehead atoms. The second-order valence-corrected chi connectivity index (χ2v) is 5.00. The lowest BCUT2D eigenvalue weighted by Crippen LogP contribution is -2.40. The highest BCUT2D eigenvalue weighted by molar-refractivity contribution is 5.83. The van der Waals surface area contributed by atoms with Crippen molar-refractivity contribution in [2.75, 3.05) is 13.2 Å². The number of alkyl halides is 2. The van der Waals surface area contributed by atoms with Crippen molar-refractivity contribution in [3.63, 3.8) is 0 Å². The largest absolute Gasteiger partial charge is 0.390 e. The number of halogens is 3. The molecular formula is C14H17F3N2O. The Labute approximate surface area is 114 Å². The zero-order chi connectivity index (χ0) is 14.8. The van der Waals surface area contributed by atoms with Crippen LogP contribution in [0.5, 0.6) is 0 Å². The lowest BCUT2D eigenvalue weighted by atomic mass is 10.1. The van der Waals surface area contributed by atoms with E-state index < -0.39 is 19.1 Å². The molecule has 2 aromatic rings. The van der Waals surface area contributed by atoms with Crippen molar-refractivity contribution >= 4 is 10.9 Å². The number of aliphatic hydroxyl groups excluding tert-OH is 1. The van der Waals surface area contributed by atoms with Crippen molar-refractivity contribution in [1.29, 1.82) is 0 Å². The van der Waals surface area contributed by atoms with Crippen LogP contribution in [0.4, 0.5) is 13.2 Å². The third-order valence-electron chi connectivity index (χ3n) is 3.20. The van der Waals surface area contributed by atoms with Crippen molar-refractivity contribution in [3.05, 3.63) is 35.8 Å². The Hall–Kier alpha value is -1.53. The van der Waals surface area contributed by atoms with Crippen LogP contribution in [0.1, 0.15) is 12.5 Å². The first kappa shape index (κ1) is 14.9. The van der Waals surface area contributed by atoms with Crippen LogP contribution in [-0.4, -0.2) is 35.2 Å². The van der Waals surface area contributed by atoms with E-state index in [1.165, 1.54) is 12.1 Å². The summed E-state index contributed by atoms with van der Waals surface area (Å²) in [6, 6.07) is 4.23. The van der Waals surface area contributed by atoms with Gasteiger partial charge in [-0.25, -0.2) is 13.2 Å². The predicted molar refractivity (Wildman–Crippen MR) is 71.5 cm³/mol. The molecule has 0 aliphatic rings. The van der Waals surface area contributed by atoms with Crippen LogP contribution in [0.3, 0.4) is 0 Å². The Balaban J connectivity index is 2.03. The van der Waals surface area contributed by atoms with Crippen molar-refractivity contribution in [2.45, 2.75) is 25.3 Å². The van der Waals surface area contributed by atoms with E-state index in [0.29, 0.717) is 6.42 Å². The first-order valence-electron chi connectivity index (χ1n) is 6.39. The van der Waals surface area contributed by atoms with Gasteiger partial charge in [-0.3, -0.25) is 0 Å². The zero-order valence-corrected chi connectivity index (χ0v) is 11.1. The lowest BCUT2D eigenvalue weighted by molar-refractivity contribution is -0.0490. The molecule has 0 saturated heterocycles. The van der Waals surface area contributed by atoms with Crippen LogP contribution in [0.25, 0.3) is 10.9 Å². The quantitative estimate of drug-likeness (QED) is 0.764. The molecule has 0 aliphatic carbocycles. The zero-order valence-electron chi connectivity index (χ0n) is 11.1. The lowest BCUT2D eigenvalue weighted by Gasteiger charge is -2.18. The molecule has 1 aromatic carbocycles. The number of aromatic amines is 1. The van der Waals surface area contributed by atoms with Gasteiger partial charge in [0.05, 0.1) is 6.54 Å². The number of rotatable bonds is 6. The van der Waals surface area contributed by atoms with E-state index >= 15 is 0 Å². The van der Waals surface area contributed by atoms with Crippen molar-refractivity contribution < 1.29 is 18.3 Å². The van der Waals surface area contributed by atoms with Gasteiger partial charge in [0.15, 0.2) is 0 Å². The standard InChI is InChI=1S/C14H17F3N2O/c1-9(19-7-14(16,17)8-20)4-10-6-18-13-3-2-11(15)5-12(10)13/h2-3,5-6,9,18-20H,4,7-8H2,1H3. The summed E-state index contributed by atoms with van der Waals surface area (Å²) in [5, 5.41) is 11.9. The number of H-pyrrole nitrogens is 1. The van der Waals surface area contributed by atoms with Gasteiger partial charge in [0.2, 0.25) is 0 Å². The summed E-state index contributed by atoms with van der Waals surface area (Å²) in [6.07, 6.45) is 2.25. The fourth-order valence-corrected chi connectivity index (χ4v) is 2.10. The molecule has 0 radical (unpaired) electrons. The minimum absolute atomic E-state index is 0.213. The number of benzene rings is 1. The first-order chi connectivity index (χ1) is 9.41. The van der Waals surface area contributed by atoms with E-state index in [4.69, 9.17) is 5.11 Å². The molecule has 0 saturated carbocycles. The monoisotopic (exact) mass is 286 g/mol. The summed E-state index contributed by atoms with van der Waals surface area (Å²) in [4.78, 5) is 3.02. The van der Waals surface area contributed by atoms with E-state index in [1.54, 1.807) is 19.2 Å². The van der Waals surface area contributed by atoms with Crippen molar-refractivity contribution in [3.8, 4) is 0 Å².